The van der Waals surface area contributed by atoms with Crippen molar-refractivity contribution in [1.29, 1.82) is 0 Å². The lowest BCUT2D eigenvalue weighted by atomic mass is 10.1. The van der Waals surface area contributed by atoms with Crippen LogP contribution in [0.25, 0.3) is 5.65 Å². The molecule has 162 valence electrons. The molecule has 2 fully saturated rings. The monoisotopic (exact) mass is 422 g/mol. The van der Waals surface area contributed by atoms with Gasteiger partial charge in [0.1, 0.15) is 11.5 Å². The van der Waals surface area contributed by atoms with E-state index in [0.717, 1.165) is 43.6 Å². The average molecular weight is 422 g/mol. The Bertz CT molecular complexity index is 1090. The fraction of sp³-hybridized carbons (Fsp3) is 0.476. The Hall–Kier alpha value is -3.27. The number of nitrogens with one attached hydrogen (secondary N) is 2. The number of carbonyl (C=O) groups excluding carboxylic acids is 1. The van der Waals surface area contributed by atoms with Crippen molar-refractivity contribution in [3.63, 3.8) is 0 Å². The van der Waals surface area contributed by atoms with Crippen molar-refractivity contribution in [3.8, 4) is 5.88 Å². The Morgan fingerprint density at radius 3 is 2.81 bits per heavy atom. The van der Waals surface area contributed by atoms with E-state index in [1.54, 1.807) is 16.8 Å². The van der Waals surface area contributed by atoms with Crippen molar-refractivity contribution >= 4 is 23.2 Å². The number of aromatic nitrogens is 5. The van der Waals surface area contributed by atoms with E-state index in [1.165, 1.54) is 26.1 Å². The smallest absolute Gasteiger partial charge is 0.277 e. The first-order valence-electron chi connectivity index (χ1n) is 10.6. The molecule has 31 heavy (non-hydrogen) atoms. The Morgan fingerprint density at radius 1 is 1.19 bits per heavy atom. The van der Waals surface area contributed by atoms with Gasteiger partial charge in [-0.2, -0.15) is 4.98 Å². The highest BCUT2D eigenvalue weighted by molar-refractivity contribution is 6.02. The van der Waals surface area contributed by atoms with Crippen LogP contribution in [0.2, 0.25) is 0 Å². The molecule has 1 aliphatic heterocycles. The molecule has 1 aliphatic carbocycles. The summed E-state index contributed by atoms with van der Waals surface area (Å²) in [5.74, 6) is 1.75. The second-order valence-corrected chi connectivity index (χ2v) is 8.25. The molecule has 2 aliphatic rings. The number of fused-ring (bicyclic) bond motifs is 1. The number of anilines is 2. The first-order valence-corrected chi connectivity index (χ1v) is 10.6. The molecule has 4 heterocycles. The zero-order chi connectivity index (χ0) is 21.4. The lowest BCUT2D eigenvalue weighted by Crippen LogP contribution is -2.28. The topological polar surface area (TPSA) is 110 Å². The SMILES string of the molecule is COc1nc(NC(=O)c2cnc(N3CC[C@H](CNC4CC4)C3)cn2)cn2cc(C)nc12. The van der Waals surface area contributed by atoms with Gasteiger partial charge in [0.05, 0.1) is 31.4 Å². The predicted octanol–water partition coefficient (Wildman–Crippen LogP) is 1.67. The number of hydrogen-bond acceptors (Lipinski definition) is 8. The number of amides is 1. The standard InChI is InChI=1S/C21H26N8O2/c1-13-10-29-12-17(27-21(31-2)19(29)25-13)26-20(30)16-8-24-18(9-23-16)28-6-5-14(11-28)7-22-15-3-4-15/h8-10,12,14-15,22H,3-7,11H2,1-2H3,(H,26,30)/t14-/m1/s1. The number of methoxy groups -OCH3 is 1. The number of hydrogen-bond donors (Lipinski definition) is 2. The molecule has 0 bridgehead atoms. The van der Waals surface area contributed by atoms with Gasteiger partial charge in [-0.05, 0) is 38.6 Å². The lowest BCUT2D eigenvalue weighted by molar-refractivity contribution is 0.102. The maximum atomic E-state index is 12.7. The molecule has 1 saturated heterocycles. The summed E-state index contributed by atoms with van der Waals surface area (Å²) < 4.78 is 7.07. The highest BCUT2D eigenvalue weighted by Crippen LogP contribution is 2.24. The summed E-state index contributed by atoms with van der Waals surface area (Å²) in [5, 5.41) is 6.36. The number of imidazole rings is 1. The minimum atomic E-state index is -0.377. The van der Waals surface area contributed by atoms with Crippen LogP contribution in [0.15, 0.2) is 24.8 Å². The second-order valence-electron chi connectivity index (χ2n) is 8.25. The third-order valence-electron chi connectivity index (χ3n) is 5.72. The summed E-state index contributed by atoms with van der Waals surface area (Å²) in [6.07, 6.45) is 10.5. The van der Waals surface area contributed by atoms with Gasteiger partial charge in [0.25, 0.3) is 11.8 Å². The highest BCUT2D eigenvalue weighted by atomic mass is 16.5. The van der Waals surface area contributed by atoms with E-state index in [2.05, 4.69) is 35.5 Å². The van der Waals surface area contributed by atoms with Gasteiger partial charge >= 0.3 is 0 Å². The molecular weight excluding hydrogens is 396 g/mol. The average Bonchev–Trinajstić information content (AvgIpc) is 3.35. The van der Waals surface area contributed by atoms with E-state index in [4.69, 9.17) is 4.74 Å². The number of ether oxygens (including phenoxy) is 1. The molecule has 5 rings (SSSR count). The fourth-order valence-corrected chi connectivity index (χ4v) is 3.90. The normalized spacial score (nSPS) is 18.5. The second kappa shape index (κ2) is 8.10. The molecular formula is C21H26N8O2. The van der Waals surface area contributed by atoms with Gasteiger partial charge < -0.3 is 20.3 Å². The van der Waals surface area contributed by atoms with E-state index in [0.29, 0.717) is 23.3 Å². The van der Waals surface area contributed by atoms with Gasteiger partial charge in [0, 0.05) is 25.3 Å². The van der Waals surface area contributed by atoms with Gasteiger partial charge in [-0.25, -0.2) is 15.0 Å². The van der Waals surface area contributed by atoms with Crippen molar-refractivity contribution in [1.82, 2.24) is 29.7 Å². The van der Waals surface area contributed by atoms with Gasteiger partial charge in [0.2, 0.25) is 5.65 Å². The summed E-state index contributed by atoms with van der Waals surface area (Å²) >= 11 is 0. The lowest BCUT2D eigenvalue weighted by Gasteiger charge is -2.17. The molecule has 0 unspecified atom stereocenters. The van der Waals surface area contributed by atoms with Crippen molar-refractivity contribution < 1.29 is 9.53 Å². The van der Waals surface area contributed by atoms with Crippen LogP contribution in [0.3, 0.4) is 0 Å². The largest absolute Gasteiger partial charge is 0.478 e. The van der Waals surface area contributed by atoms with Gasteiger partial charge in [-0.3, -0.25) is 9.20 Å². The molecule has 0 spiro atoms. The van der Waals surface area contributed by atoms with Crippen LogP contribution < -0.4 is 20.3 Å². The van der Waals surface area contributed by atoms with Crippen LogP contribution in [0.4, 0.5) is 11.6 Å². The Morgan fingerprint density at radius 2 is 2.06 bits per heavy atom. The van der Waals surface area contributed by atoms with Crippen LogP contribution in [0.5, 0.6) is 5.88 Å². The number of carbonyl (C=O) groups is 1. The summed E-state index contributed by atoms with van der Waals surface area (Å²) in [4.78, 5) is 32.4. The minimum Gasteiger partial charge on any atom is -0.478 e. The zero-order valence-electron chi connectivity index (χ0n) is 17.7. The van der Waals surface area contributed by atoms with Crippen LogP contribution >= 0.6 is 0 Å². The van der Waals surface area contributed by atoms with Crippen LogP contribution in [-0.4, -0.2) is 63.0 Å². The minimum absolute atomic E-state index is 0.234. The zero-order valence-corrected chi connectivity index (χ0v) is 17.7. The van der Waals surface area contributed by atoms with E-state index >= 15 is 0 Å². The van der Waals surface area contributed by atoms with Gasteiger partial charge in [-0.15, -0.1) is 0 Å². The maximum absolute atomic E-state index is 12.7. The van der Waals surface area contributed by atoms with E-state index in [1.807, 2.05) is 13.1 Å². The molecule has 2 N–H and O–H groups in total. The molecule has 1 atom stereocenters. The molecule has 1 amide bonds. The van der Waals surface area contributed by atoms with Crippen molar-refractivity contribution in [2.24, 2.45) is 5.92 Å². The summed E-state index contributed by atoms with van der Waals surface area (Å²) in [5.41, 5.74) is 1.66. The Balaban J connectivity index is 1.23. The van der Waals surface area contributed by atoms with E-state index in [9.17, 15) is 4.79 Å². The van der Waals surface area contributed by atoms with Crippen LogP contribution in [0.1, 0.15) is 35.4 Å². The third kappa shape index (κ3) is 4.29. The fourth-order valence-electron chi connectivity index (χ4n) is 3.90. The first kappa shape index (κ1) is 19.7. The first-order chi connectivity index (χ1) is 15.1. The quantitative estimate of drug-likeness (QED) is 0.592. The predicted molar refractivity (Wildman–Crippen MR) is 116 cm³/mol. The van der Waals surface area contributed by atoms with Crippen molar-refractivity contribution in [3.05, 3.63) is 36.2 Å². The molecule has 0 radical (unpaired) electrons. The Labute approximate surface area is 180 Å². The number of nitrogens with zero attached hydrogens (tertiary/aromatic N) is 6. The van der Waals surface area contributed by atoms with Crippen molar-refractivity contribution in [2.45, 2.75) is 32.2 Å². The number of aryl methyl sites for hydroxylation is 1. The molecule has 3 aromatic heterocycles. The molecule has 0 aromatic carbocycles. The summed E-state index contributed by atoms with van der Waals surface area (Å²) in [7, 11) is 1.52. The van der Waals surface area contributed by atoms with E-state index < -0.39 is 0 Å². The van der Waals surface area contributed by atoms with Gasteiger partial charge in [0.15, 0.2) is 5.82 Å². The summed E-state index contributed by atoms with van der Waals surface area (Å²) in [6.45, 7) is 4.87. The van der Waals surface area contributed by atoms with Crippen LogP contribution in [0, 0.1) is 12.8 Å². The molecule has 3 aromatic rings. The summed E-state index contributed by atoms with van der Waals surface area (Å²) in [6, 6.07) is 0.736. The third-order valence-corrected chi connectivity index (χ3v) is 5.72. The molecule has 1 saturated carbocycles. The molecule has 10 heteroatoms. The van der Waals surface area contributed by atoms with Crippen molar-refractivity contribution in [2.75, 3.05) is 37.0 Å². The maximum Gasteiger partial charge on any atom is 0.277 e. The van der Waals surface area contributed by atoms with Crippen LogP contribution in [-0.2, 0) is 0 Å². The highest BCUT2D eigenvalue weighted by Gasteiger charge is 2.27. The molecule has 10 nitrogen and oxygen atoms in total. The van der Waals surface area contributed by atoms with E-state index in [-0.39, 0.29) is 11.6 Å². The number of rotatable bonds is 7. The Kier molecular flexibility index (Phi) is 5.14. The van der Waals surface area contributed by atoms with Gasteiger partial charge in [-0.1, -0.05) is 0 Å².